The molecule has 1 saturated heterocycles. The van der Waals surface area contributed by atoms with Gasteiger partial charge >= 0.3 is 5.97 Å². The third-order valence-electron chi connectivity index (χ3n) is 4.47. The van der Waals surface area contributed by atoms with Crippen LogP contribution in [0.1, 0.15) is 43.6 Å². The van der Waals surface area contributed by atoms with Crippen molar-refractivity contribution in [3.8, 4) is 0 Å². The number of likely N-dealkylation sites (N-methyl/N-ethyl adjacent to an activating group) is 1. The molecule has 2 heterocycles. The first kappa shape index (κ1) is 20.9. The van der Waals surface area contributed by atoms with E-state index in [9.17, 15) is 4.79 Å². The summed E-state index contributed by atoms with van der Waals surface area (Å²) in [6.45, 7) is 11.0. The number of aryl methyl sites for hydroxylation is 1. The van der Waals surface area contributed by atoms with Gasteiger partial charge in [0.2, 0.25) is 0 Å². The molecule has 1 N–H and O–H groups in total. The predicted molar refractivity (Wildman–Crippen MR) is 97.5 cm³/mol. The summed E-state index contributed by atoms with van der Waals surface area (Å²) in [6, 6.07) is 0.570. The number of aromatic nitrogens is 2. The largest absolute Gasteiger partial charge is 0.462 e. The summed E-state index contributed by atoms with van der Waals surface area (Å²) in [5, 5.41) is 7.91. The summed E-state index contributed by atoms with van der Waals surface area (Å²) in [7, 11) is 2.03. The molecule has 1 aromatic rings. The fourth-order valence-corrected chi connectivity index (χ4v) is 3.20. The van der Waals surface area contributed by atoms with Crippen molar-refractivity contribution in [2.45, 2.75) is 65.8 Å². The number of piperidine rings is 1. The zero-order chi connectivity index (χ0) is 17.0. The van der Waals surface area contributed by atoms with Gasteiger partial charge in [0, 0.05) is 30.4 Å². The van der Waals surface area contributed by atoms with Gasteiger partial charge in [0.05, 0.1) is 11.8 Å². The highest BCUT2D eigenvalue weighted by Crippen LogP contribution is 2.19. The van der Waals surface area contributed by atoms with Crippen LogP contribution >= 0.6 is 12.4 Å². The molecule has 1 aliphatic heterocycles. The molecular formula is C17H31ClN4O2. The van der Waals surface area contributed by atoms with Crippen LogP contribution < -0.4 is 5.32 Å². The first-order valence-electron chi connectivity index (χ1n) is 8.52. The average Bonchev–Trinajstić information content (AvgIpc) is 2.74. The topological polar surface area (TPSA) is 59.4 Å². The zero-order valence-corrected chi connectivity index (χ0v) is 16.3. The van der Waals surface area contributed by atoms with Crippen LogP contribution in [-0.4, -0.2) is 52.9 Å². The molecule has 24 heavy (non-hydrogen) atoms. The Labute approximate surface area is 151 Å². The number of nitrogens with zero attached hydrogens (tertiary/aromatic N) is 3. The van der Waals surface area contributed by atoms with Crippen LogP contribution in [0.4, 0.5) is 0 Å². The van der Waals surface area contributed by atoms with Gasteiger partial charge in [0.1, 0.15) is 6.54 Å². The molecule has 1 atom stereocenters. The smallest absolute Gasteiger partial charge is 0.328 e. The van der Waals surface area contributed by atoms with E-state index >= 15 is 0 Å². The van der Waals surface area contributed by atoms with Crippen LogP contribution in [0.3, 0.4) is 0 Å². The van der Waals surface area contributed by atoms with Crippen molar-refractivity contribution in [3.05, 3.63) is 17.0 Å². The molecule has 0 aromatic carbocycles. The van der Waals surface area contributed by atoms with Gasteiger partial charge in [-0.3, -0.25) is 14.4 Å². The molecule has 1 unspecified atom stereocenters. The van der Waals surface area contributed by atoms with Crippen molar-refractivity contribution in [2.24, 2.45) is 0 Å². The van der Waals surface area contributed by atoms with Gasteiger partial charge in [-0.05, 0) is 54.1 Å². The molecule has 1 fully saturated rings. The molecule has 0 aliphatic carbocycles. The minimum atomic E-state index is -0.231. The molecule has 7 heteroatoms. The van der Waals surface area contributed by atoms with Gasteiger partial charge < -0.3 is 10.1 Å². The van der Waals surface area contributed by atoms with Crippen LogP contribution in [0.5, 0.6) is 0 Å². The third-order valence-corrected chi connectivity index (χ3v) is 4.47. The summed E-state index contributed by atoms with van der Waals surface area (Å²) in [6.07, 6.45) is 2.37. The Hall–Kier alpha value is -1.11. The predicted octanol–water partition coefficient (Wildman–Crippen LogP) is 2.06. The fraction of sp³-hybridized carbons (Fsp3) is 0.765. The summed E-state index contributed by atoms with van der Waals surface area (Å²) in [5.41, 5.74) is 3.31. The number of halogens is 1. The second-order valence-corrected chi connectivity index (χ2v) is 6.71. The normalized spacial score (nSPS) is 18.5. The summed E-state index contributed by atoms with van der Waals surface area (Å²) >= 11 is 0. The second-order valence-electron chi connectivity index (χ2n) is 6.71. The molecule has 0 saturated carbocycles. The second kappa shape index (κ2) is 9.39. The monoisotopic (exact) mass is 358 g/mol. The number of carbonyl (C=O) groups is 1. The number of carbonyl (C=O) groups excluding carboxylic acids is 1. The van der Waals surface area contributed by atoms with E-state index < -0.39 is 0 Å². The quantitative estimate of drug-likeness (QED) is 0.789. The first-order chi connectivity index (χ1) is 10.9. The highest BCUT2D eigenvalue weighted by Gasteiger charge is 2.22. The number of hydrogen-bond acceptors (Lipinski definition) is 5. The van der Waals surface area contributed by atoms with Crippen molar-refractivity contribution in [2.75, 3.05) is 20.1 Å². The summed E-state index contributed by atoms with van der Waals surface area (Å²) in [4.78, 5) is 14.3. The lowest BCUT2D eigenvalue weighted by atomic mass is 10.0. The van der Waals surface area contributed by atoms with Gasteiger partial charge in [-0.15, -0.1) is 12.4 Å². The number of ether oxygens (including phenoxy) is 1. The van der Waals surface area contributed by atoms with Crippen molar-refractivity contribution in [1.82, 2.24) is 20.0 Å². The summed E-state index contributed by atoms with van der Waals surface area (Å²) in [5.74, 6) is -0.231. The maximum atomic E-state index is 11.9. The molecule has 2 rings (SSSR count). The van der Waals surface area contributed by atoms with E-state index in [-0.39, 0.29) is 31.0 Å². The number of hydrogen-bond donors (Lipinski definition) is 1. The lowest BCUT2D eigenvalue weighted by Gasteiger charge is -2.32. The molecule has 0 spiro atoms. The van der Waals surface area contributed by atoms with Crippen molar-refractivity contribution >= 4 is 18.4 Å². The molecule has 1 aliphatic rings. The number of rotatable bonds is 6. The summed E-state index contributed by atoms with van der Waals surface area (Å²) < 4.78 is 6.99. The Bertz CT molecular complexity index is 545. The van der Waals surface area contributed by atoms with Crippen LogP contribution in [0.25, 0.3) is 0 Å². The van der Waals surface area contributed by atoms with Crippen molar-refractivity contribution < 1.29 is 9.53 Å². The Morgan fingerprint density at radius 2 is 2.12 bits per heavy atom. The van der Waals surface area contributed by atoms with Crippen LogP contribution in [0, 0.1) is 13.8 Å². The molecule has 138 valence electrons. The minimum Gasteiger partial charge on any atom is -0.462 e. The van der Waals surface area contributed by atoms with E-state index in [1.54, 1.807) is 4.68 Å². The Balaban J connectivity index is 0.00000288. The fourth-order valence-electron chi connectivity index (χ4n) is 3.20. The first-order valence-corrected chi connectivity index (χ1v) is 8.52. The van der Waals surface area contributed by atoms with E-state index in [1.165, 1.54) is 18.4 Å². The average molecular weight is 359 g/mol. The van der Waals surface area contributed by atoms with Gasteiger partial charge in [-0.25, -0.2) is 0 Å². The number of nitrogens with one attached hydrogen (secondary N) is 1. The van der Waals surface area contributed by atoms with Crippen LogP contribution in [-0.2, 0) is 22.6 Å². The highest BCUT2D eigenvalue weighted by atomic mass is 35.5. The van der Waals surface area contributed by atoms with E-state index in [1.807, 2.05) is 34.7 Å². The maximum Gasteiger partial charge on any atom is 0.328 e. The third kappa shape index (κ3) is 5.46. The molecule has 1 aromatic heterocycles. The molecule has 0 bridgehead atoms. The Morgan fingerprint density at radius 1 is 1.42 bits per heavy atom. The van der Waals surface area contributed by atoms with Gasteiger partial charge in [0.25, 0.3) is 0 Å². The number of esters is 1. The van der Waals surface area contributed by atoms with Gasteiger partial charge in [-0.2, -0.15) is 5.10 Å². The highest BCUT2D eigenvalue weighted by molar-refractivity contribution is 5.85. The van der Waals surface area contributed by atoms with Gasteiger partial charge in [0.15, 0.2) is 0 Å². The Morgan fingerprint density at radius 3 is 2.75 bits per heavy atom. The maximum absolute atomic E-state index is 11.9. The SMILES string of the molecule is CNC1CCCN(Cc2c(C)nn(CC(=O)OC(C)C)c2C)C1.Cl. The van der Waals surface area contributed by atoms with E-state index in [4.69, 9.17) is 4.74 Å². The minimum absolute atomic E-state index is 0. The van der Waals surface area contributed by atoms with Crippen LogP contribution in [0.2, 0.25) is 0 Å². The van der Waals surface area contributed by atoms with Gasteiger partial charge in [-0.1, -0.05) is 0 Å². The lowest BCUT2D eigenvalue weighted by Crippen LogP contribution is -2.44. The van der Waals surface area contributed by atoms with Crippen LogP contribution in [0.15, 0.2) is 0 Å². The van der Waals surface area contributed by atoms with E-state index in [0.29, 0.717) is 6.04 Å². The van der Waals surface area contributed by atoms with E-state index in [0.717, 1.165) is 31.0 Å². The molecular weight excluding hydrogens is 328 g/mol. The molecule has 0 radical (unpaired) electrons. The van der Waals surface area contributed by atoms with Crippen molar-refractivity contribution in [1.29, 1.82) is 0 Å². The molecule has 6 nitrogen and oxygen atoms in total. The number of likely N-dealkylation sites (tertiary alicyclic amines) is 1. The Kier molecular flexibility index (Phi) is 8.19. The van der Waals surface area contributed by atoms with Crippen molar-refractivity contribution in [3.63, 3.8) is 0 Å². The van der Waals surface area contributed by atoms with E-state index in [2.05, 4.69) is 15.3 Å². The molecule has 0 amide bonds. The standard InChI is InChI=1S/C17H30N4O2.ClH/c1-12(2)23-17(22)11-21-14(4)16(13(3)19-21)10-20-8-6-7-15(9-20)18-5;/h12,15,18H,6-11H2,1-5H3;1H. The lowest BCUT2D eigenvalue weighted by molar-refractivity contribution is -0.148. The zero-order valence-electron chi connectivity index (χ0n) is 15.5.